The summed E-state index contributed by atoms with van der Waals surface area (Å²) in [6.45, 7) is 0. The first-order chi connectivity index (χ1) is 12.5. The fraction of sp³-hybridized carbons (Fsp3) is 0.118. The minimum absolute atomic E-state index is 0.0694. The lowest BCUT2D eigenvalue weighted by Gasteiger charge is -2.07. The van der Waals surface area contributed by atoms with Crippen LogP contribution in [-0.4, -0.2) is 26.4 Å². The first-order valence-electron chi connectivity index (χ1n) is 7.47. The summed E-state index contributed by atoms with van der Waals surface area (Å²) in [6.07, 6.45) is 0. The molecule has 0 bridgehead atoms. The Labute approximate surface area is 151 Å². The summed E-state index contributed by atoms with van der Waals surface area (Å²) in [7, 11) is 1.65. The molecule has 0 radical (unpaired) electrons. The van der Waals surface area contributed by atoms with Gasteiger partial charge in [-0.05, 0) is 24.3 Å². The number of aromatic nitrogens is 3. The SMILES string of the molecule is Cn1c(SCC(=O)Nc2ccc(F)cc2F)nnc1-c1ccccc1F. The number of nitrogens with one attached hydrogen (secondary N) is 1. The number of benzene rings is 2. The highest BCUT2D eigenvalue weighted by molar-refractivity contribution is 7.99. The molecule has 0 aliphatic heterocycles. The molecule has 1 aromatic heterocycles. The van der Waals surface area contributed by atoms with Gasteiger partial charge >= 0.3 is 0 Å². The summed E-state index contributed by atoms with van der Waals surface area (Å²) in [5.41, 5.74) is 0.189. The molecule has 0 spiro atoms. The van der Waals surface area contributed by atoms with Crippen LogP contribution in [0.5, 0.6) is 0 Å². The van der Waals surface area contributed by atoms with Crippen LogP contribution in [0.3, 0.4) is 0 Å². The Morgan fingerprint density at radius 2 is 1.88 bits per heavy atom. The third-order valence-corrected chi connectivity index (χ3v) is 4.51. The van der Waals surface area contributed by atoms with Crippen LogP contribution in [0, 0.1) is 17.5 Å². The van der Waals surface area contributed by atoms with E-state index in [9.17, 15) is 18.0 Å². The maximum absolute atomic E-state index is 13.9. The van der Waals surface area contributed by atoms with Gasteiger partial charge in [0.2, 0.25) is 5.91 Å². The Hall–Kier alpha value is -2.81. The molecule has 9 heteroatoms. The minimum atomic E-state index is -0.858. The zero-order valence-electron chi connectivity index (χ0n) is 13.5. The number of nitrogens with zero attached hydrogens (tertiary/aromatic N) is 3. The van der Waals surface area contributed by atoms with E-state index in [4.69, 9.17) is 0 Å². The standard InChI is InChI=1S/C17H13F3N4OS/c1-24-16(11-4-2-3-5-12(11)19)22-23-17(24)26-9-15(25)21-14-7-6-10(18)8-13(14)20/h2-8H,9H2,1H3,(H,21,25). The number of thioether (sulfide) groups is 1. The van der Waals surface area contributed by atoms with Gasteiger partial charge in [0.05, 0.1) is 17.0 Å². The average molecular weight is 378 g/mol. The fourth-order valence-corrected chi connectivity index (χ4v) is 2.94. The van der Waals surface area contributed by atoms with Crippen LogP contribution in [0.1, 0.15) is 0 Å². The van der Waals surface area contributed by atoms with Crippen molar-refractivity contribution >= 4 is 23.4 Å². The highest BCUT2D eigenvalue weighted by Crippen LogP contribution is 2.24. The Bertz CT molecular complexity index is 961. The van der Waals surface area contributed by atoms with E-state index in [0.717, 1.165) is 23.9 Å². The molecule has 0 saturated carbocycles. The van der Waals surface area contributed by atoms with Crippen LogP contribution >= 0.6 is 11.8 Å². The smallest absolute Gasteiger partial charge is 0.234 e. The second-order valence-electron chi connectivity index (χ2n) is 5.31. The first-order valence-corrected chi connectivity index (χ1v) is 8.46. The highest BCUT2D eigenvalue weighted by Gasteiger charge is 2.16. The van der Waals surface area contributed by atoms with Crippen molar-refractivity contribution < 1.29 is 18.0 Å². The van der Waals surface area contributed by atoms with Gasteiger partial charge < -0.3 is 9.88 Å². The number of carbonyl (C=O) groups is 1. The fourth-order valence-electron chi connectivity index (χ4n) is 2.22. The molecule has 2 aromatic carbocycles. The summed E-state index contributed by atoms with van der Waals surface area (Å²) < 4.78 is 41.8. The number of amides is 1. The molecule has 0 atom stereocenters. The molecule has 3 rings (SSSR count). The van der Waals surface area contributed by atoms with Gasteiger partial charge in [-0.15, -0.1) is 10.2 Å². The molecule has 0 saturated heterocycles. The molecule has 0 aliphatic rings. The van der Waals surface area contributed by atoms with E-state index in [0.29, 0.717) is 22.6 Å². The molecule has 0 unspecified atom stereocenters. The van der Waals surface area contributed by atoms with Gasteiger partial charge in [0.25, 0.3) is 0 Å². The summed E-state index contributed by atoms with van der Waals surface area (Å²) >= 11 is 1.06. The molecule has 26 heavy (non-hydrogen) atoms. The highest BCUT2D eigenvalue weighted by atomic mass is 32.2. The normalized spacial score (nSPS) is 10.8. The largest absolute Gasteiger partial charge is 0.323 e. The van der Waals surface area contributed by atoms with E-state index in [1.807, 2.05) is 0 Å². The maximum Gasteiger partial charge on any atom is 0.234 e. The number of rotatable bonds is 5. The van der Waals surface area contributed by atoms with Crippen molar-refractivity contribution in [3.8, 4) is 11.4 Å². The van der Waals surface area contributed by atoms with Crippen molar-refractivity contribution in [2.24, 2.45) is 7.05 Å². The van der Waals surface area contributed by atoms with Crippen LogP contribution in [0.4, 0.5) is 18.9 Å². The number of halogens is 3. The summed E-state index contributed by atoms with van der Waals surface area (Å²) in [4.78, 5) is 12.0. The van der Waals surface area contributed by atoms with Crippen LogP contribution in [0.2, 0.25) is 0 Å². The molecule has 1 N–H and O–H groups in total. The van der Waals surface area contributed by atoms with Gasteiger partial charge in [0.1, 0.15) is 17.5 Å². The molecular weight excluding hydrogens is 365 g/mol. The van der Waals surface area contributed by atoms with Crippen LogP contribution in [0.15, 0.2) is 47.6 Å². The zero-order valence-corrected chi connectivity index (χ0v) is 14.4. The first kappa shape index (κ1) is 18.0. The van der Waals surface area contributed by atoms with Gasteiger partial charge in [-0.2, -0.15) is 0 Å². The third kappa shape index (κ3) is 3.88. The predicted molar refractivity (Wildman–Crippen MR) is 92.1 cm³/mol. The Kier molecular flexibility index (Phi) is 5.27. The van der Waals surface area contributed by atoms with Gasteiger partial charge in [-0.3, -0.25) is 4.79 Å². The van der Waals surface area contributed by atoms with Crippen molar-refractivity contribution in [2.75, 3.05) is 11.1 Å². The van der Waals surface area contributed by atoms with E-state index in [2.05, 4.69) is 15.5 Å². The van der Waals surface area contributed by atoms with Crippen LogP contribution in [0.25, 0.3) is 11.4 Å². The zero-order chi connectivity index (χ0) is 18.7. The van der Waals surface area contributed by atoms with Crippen LogP contribution < -0.4 is 5.32 Å². The predicted octanol–water partition coefficient (Wildman–Crippen LogP) is 3.63. The van der Waals surface area contributed by atoms with Crippen molar-refractivity contribution in [2.45, 2.75) is 5.16 Å². The van der Waals surface area contributed by atoms with Crippen molar-refractivity contribution in [1.29, 1.82) is 0 Å². The van der Waals surface area contributed by atoms with Crippen LogP contribution in [-0.2, 0) is 11.8 Å². The lowest BCUT2D eigenvalue weighted by molar-refractivity contribution is -0.113. The topological polar surface area (TPSA) is 59.8 Å². The van der Waals surface area contributed by atoms with Gasteiger partial charge in [0.15, 0.2) is 11.0 Å². The van der Waals surface area contributed by atoms with E-state index in [1.54, 1.807) is 29.8 Å². The van der Waals surface area contributed by atoms with Gasteiger partial charge in [0, 0.05) is 13.1 Å². The summed E-state index contributed by atoms with van der Waals surface area (Å²) in [6, 6.07) is 9.04. The van der Waals surface area contributed by atoms with Crippen molar-refractivity contribution in [1.82, 2.24) is 14.8 Å². The monoisotopic (exact) mass is 378 g/mol. The van der Waals surface area contributed by atoms with E-state index in [-0.39, 0.29) is 11.4 Å². The molecule has 134 valence electrons. The lowest BCUT2D eigenvalue weighted by atomic mass is 10.2. The quantitative estimate of drug-likeness (QED) is 0.689. The second-order valence-corrected chi connectivity index (χ2v) is 6.25. The number of carbonyl (C=O) groups excluding carboxylic acids is 1. The molecule has 1 amide bonds. The van der Waals surface area contributed by atoms with E-state index < -0.39 is 23.4 Å². The van der Waals surface area contributed by atoms with E-state index >= 15 is 0 Å². The summed E-state index contributed by atoms with van der Waals surface area (Å²) in [5.74, 6) is -2.24. The van der Waals surface area contributed by atoms with Gasteiger partial charge in [-0.25, -0.2) is 13.2 Å². The third-order valence-electron chi connectivity index (χ3n) is 3.49. The molecular formula is C17H13F3N4OS. The average Bonchev–Trinajstić information content (AvgIpc) is 2.97. The summed E-state index contributed by atoms with van der Waals surface area (Å²) in [5, 5.41) is 10.7. The molecule has 3 aromatic rings. The Morgan fingerprint density at radius 1 is 1.12 bits per heavy atom. The molecule has 1 heterocycles. The molecule has 5 nitrogen and oxygen atoms in total. The van der Waals surface area contributed by atoms with Crippen molar-refractivity contribution in [3.05, 3.63) is 59.9 Å². The minimum Gasteiger partial charge on any atom is -0.323 e. The molecule has 0 fully saturated rings. The van der Waals surface area contributed by atoms with Crippen molar-refractivity contribution in [3.63, 3.8) is 0 Å². The second kappa shape index (κ2) is 7.61. The van der Waals surface area contributed by atoms with Gasteiger partial charge in [-0.1, -0.05) is 23.9 Å². The lowest BCUT2D eigenvalue weighted by Crippen LogP contribution is -2.15. The number of hydrogen-bond donors (Lipinski definition) is 1. The number of hydrogen-bond acceptors (Lipinski definition) is 4. The maximum atomic E-state index is 13.9. The number of anilines is 1. The van der Waals surface area contributed by atoms with E-state index in [1.165, 1.54) is 6.07 Å². The Balaban J connectivity index is 1.67. The Morgan fingerprint density at radius 3 is 2.62 bits per heavy atom. The molecule has 0 aliphatic carbocycles.